The zero-order valence-corrected chi connectivity index (χ0v) is 14.2. The van der Waals surface area contributed by atoms with Crippen LogP contribution in [0, 0.1) is 0 Å². The summed E-state index contributed by atoms with van der Waals surface area (Å²) >= 11 is 1.45. The van der Waals surface area contributed by atoms with Crippen molar-refractivity contribution >= 4 is 22.8 Å². The quantitative estimate of drug-likeness (QED) is 0.464. The normalized spacial score (nSPS) is 11.1. The first-order valence-corrected chi connectivity index (χ1v) is 8.31. The summed E-state index contributed by atoms with van der Waals surface area (Å²) in [4.78, 5) is 18.7. The molecule has 0 N–H and O–H groups in total. The van der Waals surface area contributed by atoms with Gasteiger partial charge in [-0.3, -0.25) is 4.79 Å². The third kappa shape index (κ3) is 5.73. The van der Waals surface area contributed by atoms with Crippen LogP contribution in [0.1, 0.15) is 49.0 Å². The van der Waals surface area contributed by atoms with Gasteiger partial charge in [-0.05, 0) is 19.8 Å². The van der Waals surface area contributed by atoms with Crippen molar-refractivity contribution in [3.8, 4) is 0 Å². The lowest BCUT2D eigenvalue weighted by molar-refractivity contribution is 0.112. The van der Waals surface area contributed by atoms with E-state index in [2.05, 4.69) is 23.7 Å². The lowest BCUT2D eigenvalue weighted by Crippen LogP contribution is -2.31. The summed E-state index contributed by atoms with van der Waals surface area (Å²) in [6.45, 7) is 12.3. The number of anilines is 1. The average molecular weight is 314 g/mol. The van der Waals surface area contributed by atoms with Gasteiger partial charge < -0.3 is 14.4 Å². The van der Waals surface area contributed by atoms with E-state index in [1.807, 2.05) is 13.8 Å². The van der Waals surface area contributed by atoms with Gasteiger partial charge in [0.25, 0.3) is 0 Å². The van der Waals surface area contributed by atoms with E-state index in [4.69, 9.17) is 9.47 Å². The van der Waals surface area contributed by atoms with E-state index in [0.717, 1.165) is 35.1 Å². The summed E-state index contributed by atoms with van der Waals surface area (Å²) in [5, 5.41) is 0.875. The summed E-state index contributed by atoms with van der Waals surface area (Å²) in [5.74, 6) is 0.246. The molecule has 0 radical (unpaired) electrons. The minimum atomic E-state index is 0.246. The number of hydrogen-bond donors (Lipinski definition) is 0. The van der Waals surface area contributed by atoms with Gasteiger partial charge in [0.1, 0.15) is 0 Å². The van der Waals surface area contributed by atoms with Crippen molar-refractivity contribution in [2.45, 2.75) is 33.6 Å². The monoisotopic (exact) mass is 314 g/mol. The Morgan fingerprint density at radius 3 is 2.14 bits per heavy atom. The first kappa shape index (κ1) is 18.1. The molecule has 0 unspecified atom stereocenters. The molecule has 0 saturated heterocycles. The van der Waals surface area contributed by atoms with E-state index in [1.54, 1.807) is 0 Å². The fraction of sp³-hybridized carbons (Fsp3) is 0.733. The SMILES string of the molecule is CCOCCN(CCOCC)c1nc(C(C)C)c(C=O)s1. The van der Waals surface area contributed by atoms with Gasteiger partial charge in [-0.15, -0.1) is 0 Å². The molecule has 21 heavy (non-hydrogen) atoms. The number of hydrogen-bond acceptors (Lipinski definition) is 6. The third-order valence-corrected chi connectivity index (χ3v) is 4.07. The highest BCUT2D eigenvalue weighted by Crippen LogP contribution is 2.29. The molecule has 6 heteroatoms. The zero-order valence-electron chi connectivity index (χ0n) is 13.4. The molecule has 1 heterocycles. The van der Waals surface area contributed by atoms with Gasteiger partial charge in [0.15, 0.2) is 11.4 Å². The molecule has 0 bridgehead atoms. The van der Waals surface area contributed by atoms with Crippen LogP contribution in [0.2, 0.25) is 0 Å². The molecule has 0 atom stereocenters. The molecular formula is C15H26N2O3S. The van der Waals surface area contributed by atoms with E-state index < -0.39 is 0 Å². The van der Waals surface area contributed by atoms with Crippen LogP contribution in [-0.4, -0.2) is 50.8 Å². The first-order valence-electron chi connectivity index (χ1n) is 7.50. The maximum Gasteiger partial charge on any atom is 0.186 e. The molecule has 5 nitrogen and oxygen atoms in total. The second-order valence-corrected chi connectivity index (χ2v) is 5.91. The maximum atomic E-state index is 11.2. The second-order valence-electron chi connectivity index (χ2n) is 4.90. The molecule has 120 valence electrons. The summed E-state index contributed by atoms with van der Waals surface area (Å²) in [5.41, 5.74) is 0.878. The predicted molar refractivity (Wildman–Crippen MR) is 86.8 cm³/mol. The largest absolute Gasteiger partial charge is 0.380 e. The number of rotatable bonds is 11. The van der Waals surface area contributed by atoms with Crippen molar-refractivity contribution < 1.29 is 14.3 Å². The number of aromatic nitrogens is 1. The van der Waals surface area contributed by atoms with Crippen LogP contribution in [0.3, 0.4) is 0 Å². The average Bonchev–Trinajstić information content (AvgIpc) is 2.90. The molecule has 0 aliphatic carbocycles. The molecule has 1 aromatic heterocycles. The van der Waals surface area contributed by atoms with Crippen LogP contribution in [0.4, 0.5) is 5.13 Å². The van der Waals surface area contributed by atoms with Crippen molar-refractivity contribution in [1.29, 1.82) is 0 Å². The van der Waals surface area contributed by atoms with Crippen LogP contribution in [0.15, 0.2) is 0 Å². The first-order chi connectivity index (χ1) is 10.1. The lowest BCUT2D eigenvalue weighted by Gasteiger charge is -2.21. The molecule has 1 aromatic rings. The number of aldehydes is 1. The van der Waals surface area contributed by atoms with Crippen molar-refractivity contribution in [3.63, 3.8) is 0 Å². The van der Waals surface area contributed by atoms with Gasteiger partial charge in [0, 0.05) is 26.3 Å². The molecular weight excluding hydrogens is 288 g/mol. The van der Waals surface area contributed by atoms with Crippen LogP contribution in [0.25, 0.3) is 0 Å². The van der Waals surface area contributed by atoms with Gasteiger partial charge in [-0.25, -0.2) is 4.98 Å². The molecule has 1 rings (SSSR count). The Morgan fingerprint density at radius 1 is 1.19 bits per heavy atom. The molecule has 0 aliphatic heterocycles. The van der Waals surface area contributed by atoms with Gasteiger partial charge in [-0.2, -0.15) is 0 Å². The topological polar surface area (TPSA) is 51.7 Å². The van der Waals surface area contributed by atoms with E-state index in [-0.39, 0.29) is 5.92 Å². The summed E-state index contributed by atoms with van der Waals surface area (Å²) in [6.07, 6.45) is 0.903. The smallest absolute Gasteiger partial charge is 0.186 e. The molecule has 0 aliphatic rings. The van der Waals surface area contributed by atoms with E-state index in [1.165, 1.54) is 11.3 Å². The molecule has 0 spiro atoms. The molecule has 0 amide bonds. The predicted octanol–water partition coefficient (Wildman–Crippen LogP) is 2.96. The fourth-order valence-corrected chi connectivity index (χ4v) is 2.99. The van der Waals surface area contributed by atoms with E-state index in [9.17, 15) is 4.79 Å². The fourth-order valence-electron chi connectivity index (χ4n) is 1.91. The number of carbonyl (C=O) groups is 1. The second kappa shape index (κ2) is 9.87. The lowest BCUT2D eigenvalue weighted by atomic mass is 10.1. The maximum absolute atomic E-state index is 11.2. The van der Waals surface area contributed by atoms with Gasteiger partial charge >= 0.3 is 0 Å². The molecule has 0 aromatic carbocycles. The highest BCUT2D eigenvalue weighted by atomic mass is 32.1. The van der Waals surface area contributed by atoms with E-state index >= 15 is 0 Å². The Bertz CT molecular complexity index is 411. The number of ether oxygens (including phenoxy) is 2. The van der Waals surface area contributed by atoms with Crippen LogP contribution in [-0.2, 0) is 9.47 Å². The Balaban J connectivity index is 2.82. The van der Waals surface area contributed by atoms with Crippen LogP contribution in [0.5, 0.6) is 0 Å². The van der Waals surface area contributed by atoms with Crippen molar-refractivity contribution in [1.82, 2.24) is 4.98 Å². The highest BCUT2D eigenvalue weighted by molar-refractivity contribution is 7.17. The van der Waals surface area contributed by atoms with E-state index in [0.29, 0.717) is 26.4 Å². The number of nitrogens with zero attached hydrogens (tertiary/aromatic N) is 2. The number of carbonyl (C=O) groups excluding carboxylic acids is 1. The molecule has 0 saturated carbocycles. The third-order valence-electron chi connectivity index (χ3n) is 3.01. The Kier molecular flexibility index (Phi) is 8.49. The Hall–Kier alpha value is -0.980. The Morgan fingerprint density at radius 2 is 1.76 bits per heavy atom. The summed E-state index contributed by atoms with van der Waals surface area (Å²) in [7, 11) is 0. The van der Waals surface area contributed by atoms with Gasteiger partial charge in [-0.1, -0.05) is 25.2 Å². The van der Waals surface area contributed by atoms with Gasteiger partial charge in [0.2, 0.25) is 0 Å². The standard InChI is InChI=1S/C15H26N2O3S/c1-5-19-9-7-17(8-10-20-6-2)15-16-14(12(3)4)13(11-18)21-15/h11-12H,5-10H2,1-4H3. The van der Waals surface area contributed by atoms with Crippen molar-refractivity contribution in [2.24, 2.45) is 0 Å². The summed E-state index contributed by atoms with van der Waals surface area (Å²) in [6, 6.07) is 0. The Labute approximate surface area is 131 Å². The minimum Gasteiger partial charge on any atom is -0.380 e. The zero-order chi connectivity index (χ0) is 15.7. The van der Waals surface area contributed by atoms with Crippen molar-refractivity contribution in [2.75, 3.05) is 44.4 Å². The summed E-state index contributed by atoms with van der Waals surface area (Å²) < 4.78 is 10.9. The number of thiazole rings is 1. The van der Waals surface area contributed by atoms with Crippen molar-refractivity contribution in [3.05, 3.63) is 10.6 Å². The highest BCUT2D eigenvalue weighted by Gasteiger charge is 2.17. The van der Waals surface area contributed by atoms with Crippen LogP contribution < -0.4 is 4.90 Å². The molecule has 0 fully saturated rings. The van der Waals surface area contributed by atoms with Gasteiger partial charge in [0.05, 0.1) is 23.8 Å². The minimum absolute atomic E-state index is 0.246. The van der Waals surface area contributed by atoms with Crippen LogP contribution >= 0.6 is 11.3 Å².